The zero-order chi connectivity index (χ0) is 12.2. The lowest BCUT2D eigenvalue weighted by Crippen LogP contribution is -2.28. The van der Waals surface area contributed by atoms with Crippen molar-refractivity contribution in [1.82, 2.24) is 0 Å². The number of alkyl halides is 3. The topological polar surface area (TPSA) is 29.3 Å². The van der Waals surface area contributed by atoms with Gasteiger partial charge in [0.1, 0.15) is 0 Å². The van der Waals surface area contributed by atoms with Crippen molar-refractivity contribution < 1.29 is 13.2 Å². The molecule has 0 unspecified atom stereocenters. The van der Waals surface area contributed by atoms with Crippen molar-refractivity contribution in [1.29, 1.82) is 0 Å². The normalized spacial score (nSPS) is 11.5. The van der Waals surface area contributed by atoms with E-state index in [1.165, 1.54) is 0 Å². The largest absolute Gasteiger partial charge is 0.397 e. The van der Waals surface area contributed by atoms with Crippen LogP contribution in [-0.4, -0.2) is 19.3 Å². The van der Waals surface area contributed by atoms with E-state index in [2.05, 4.69) is 0 Å². The molecule has 16 heavy (non-hydrogen) atoms. The van der Waals surface area contributed by atoms with Crippen LogP contribution in [0.5, 0.6) is 0 Å². The lowest BCUT2D eigenvalue weighted by molar-refractivity contribution is -0.132. The number of rotatable bonds is 4. The summed E-state index contributed by atoms with van der Waals surface area (Å²) < 4.78 is 36.3. The van der Waals surface area contributed by atoms with Crippen LogP contribution in [0.3, 0.4) is 0 Å². The zero-order valence-electron chi connectivity index (χ0n) is 9.09. The second-order valence-electron chi connectivity index (χ2n) is 3.50. The minimum absolute atomic E-state index is 0.0613. The van der Waals surface area contributed by atoms with Crippen LogP contribution in [0.4, 0.5) is 24.5 Å². The Morgan fingerprint density at radius 3 is 2.38 bits per heavy atom. The highest BCUT2D eigenvalue weighted by Crippen LogP contribution is 2.25. The fraction of sp³-hybridized carbons (Fsp3) is 0.455. The molecule has 0 aliphatic heterocycles. The number of nitrogens with zero attached hydrogens (tertiary/aromatic N) is 1. The average Bonchev–Trinajstić information content (AvgIpc) is 2.20. The van der Waals surface area contributed by atoms with E-state index in [-0.39, 0.29) is 6.54 Å². The van der Waals surface area contributed by atoms with Gasteiger partial charge in [0.15, 0.2) is 0 Å². The van der Waals surface area contributed by atoms with Crippen LogP contribution < -0.4 is 10.6 Å². The first kappa shape index (κ1) is 12.7. The van der Waals surface area contributed by atoms with Gasteiger partial charge in [0.05, 0.1) is 17.8 Å². The van der Waals surface area contributed by atoms with Gasteiger partial charge in [-0.25, -0.2) is 0 Å². The maximum atomic E-state index is 12.1. The molecule has 1 aromatic rings. The van der Waals surface area contributed by atoms with Crippen LogP contribution in [0.1, 0.15) is 13.3 Å². The fourth-order valence-corrected chi connectivity index (χ4v) is 1.49. The molecule has 1 rings (SSSR count). The summed E-state index contributed by atoms with van der Waals surface area (Å²) in [7, 11) is 0. The molecule has 0 fully saturated rings. The predicted octanol–water partition coefficient (Wildman–Crippen LogP) is 3.05. The van der Waals surface area contributed by atoms with E-state index in [4.69, 9.17) is 5.73 Å². The van der Waals surface area contributed by atoms with Crippen LogP contribution in [0.2, 0.25) is 0 Å². The van der Waals surface area contributed by atoms with Gasteiger partial charge in [-0.05, 0) is 19.1 Å². The van der Waals surface area contributed by atoms with Crippen LogP contribution in [-0.2, 0) is 0 Å². The molecule has 0 spiro atoms. The Bertz CT molecular complexity index is 336. The summed E-state index contributed by atoms with van der Waals surface area (Å²) in [6.45, 7) is 2.25. The Hall–Kier alpha value is -1.39. The molecule has 0 aliphatic rings. The summed E-state index contributed by atoms with van der Waals surface area (Å²) >= 11 is 0. The standard InChI is InChI=1S/C11H15F3N2/c1-2-16(8-7-11(12,13)14)10-6-4-3-5-9(10)15/h3-6H,2,7-8,15H2,1H3. The Morgan fingerprint density at radius 1 is 1.25 bits per heavy atom. The van der Waals surface area contributed by atoms with E-state index < -0.39 is 12.6 Å². The van der Waals surface area contributed by atoms with Crippen molar-refractivity contribution in [2.45, 2.75) is 19.5 Å². The lowest BCUT2D eigenvalue weighted by Gasteiger charge is -2.25. The maximum absolute atomic E-state index is 12.1. The minimum atomic E-state index is -4.13. The Balaban J connectivity index is 2.72. The molecule has 90 valence electrons. The quantitative estimate of drug-likeness (QED) is 0.808. The van der Waals surface area contributed by atoms with Gasteiger partial charge in [0.25, 0.3) is 0 Å². The van der Waals surface area contributed by atoms with E-state index in [0.29, 0.717) is 17.9 Å². The first-order chi connectivity index (χ1) is 7.44. The van der Waals surface area contributed by atoms with E-state index in [1.807, 2.05) is 6.92 Å². The van der Waals surface area contributed by atoms with Crippen LogP contribution in [0.25, 0.3) is 0 Å². The highest BCUT2D eigenvalue weighted by Gasteiger charge is 2.27. The second kappa shape index (κ2) is 5.09. The number of para-hydroxylation sites is 2. The summed E-state index contributed by atoms with van der Waals surface area (Å²) in [6.07, 6.45) is -4.95. The number of benzene rings is 1. The van der Waals surface area contributed by atoms with Crippen molar-refractivity contribution in [2.24, 2.45) is 0 Å². The van der Waals surface area contributed by atoms with Gasteiger partial charge >= 0.3 is 6.18 Å². The molecule has 2 N–H and O–H groups in total. The molecule has 0 bridgehead atoms. The van der Waals surface area contributed by atoms with E-state index in [0.717, 1.165) is 0 Å². The van der Waals surface area contributed by atoms with E-state index >= 15 is 0 Å². The second-order valence-corrected chi connectivity index (χ2v) is 3.50. The van der Waals surface area contributed by atoms with Crippen LogP contribution in [0.15, 0.2) is 24.3 Å². The van der Waals surface area contributed by atoms with Crippen LogP contribution in [0, 0.1) is 0 Å². The molecule has 0 atom stereocenters. The highest BCUT2D eigenvalue weighted by atomic mass is 19.4. The number of nitrogen functional groups attached to an aromatic ring is 1. The third kappa shape index (κ3) is 3.64. The molecule has 5 heteroatoms. The molecular weight excluding hydrogens is 217 g/mol. The van der Waals surface area contributed by atoms with Crippen molar-refractivity contribution in [3.8, 4) is 0 Å². The summed E-state index contributed by atoms with van der Waals surface area (Å²) in [4.78, 5) is 1.63. The molecule has 0 amide bonds. The number of nitrogens with two attached hydrogens (primary N) is 1. The number of hydrogen-bond donors (Lipinski definition) is 1. The number of anilines is 2. The van der Waals surface area contributed by atoms with Crippen molar-refractivity contribution >= 4 is 11.4 Å². The summed E-state index contributed by atoms with van der Waals surface area (Å²) in [5, 5.41) is 0. The van der Waals surface area contributed by atoms with Gasteiger partial charge in [0, 0.05) is 13.1 Å². The van der Waals surface area contributed by atoms with Crippen LogP contribution >= 0.6 is 0 Å². The van der Waals surface area contributed by atoms with Gasteiger partial charge in [-0.1, -0.05) is 12.1 Å². The lowest BCUT2D eigenvalue weighted by atomic mass is 10.2. The Labute approximate surface area is 92.9 Å². The number of halogens is 3. The molecule has 0 saturated heterocycles. The van der Waals surface area contributed by atoms with Gasteiger partial charge in [0.2, 0.25) is 0 Å². The fourth-order valence-electron chi connectivity index (χ4n) is 1.49. The first-order valence-corrected chi connectivity index (χ1v) is 5.10. The van der Waals surface area contributed by atoms with E-state index in [1.54, 1.807) is 29.2 Å². The molecular formula is C11H15F3N2. The van der Waals surface area contributed by atoms with Gasteiger partial charge in [-0.2, -0.15) is 13.2 Å². The van der Waals surface area contributed by atoms with Crippen molar-refractivity contribution in [3.63, 3.8) is 0 Å². The molecule has 0 heterocycles. The number of hydrogen-bond acceptors (Lipinski definition) is 2. The highest BCUT2D eigenvalue weighted by molar-refractivity contribution is 5.67. The predicted molar refractivity (Wildman–Crippen MR) is 59.4 cm³/mol. The molecule has 0 aromatic heterocycles. The molecule has 0 aliphatic carbocycles. The van der Waals surface area contributed by atoms with Gasteiger partial charge in [-0.15, -0.1) is 0 Å². The molecule has 2 nitrogen and oxygen atoms in total. The summed E-state index contributed by atoms with van der Waals surface area (Å²) in [5.41, 5.74) is 6.88. The van der Waals surface area contributed by atoms with Crippen molar-refractivity contribution in [2.75, 3.05) is 23.7 Å². The third-order valence-corrected chi connectivity index (χ3v) is 2.32. The van der Waals surface area contributed by atoms with Gasteiger partial charge in [-0.3, -0.25) is 0 Å². The smallest absolute Gasteiger partial charge is 0.390 e. The van der Waals surface area contributed by atoms with Gasteiger partial charge < -0.3 is 10.6 Å². The Morgan fingerprint density at radius 2 is 1.88 bits per heavy atom. The third-order valence-electron chi connectivity index (χ3n) is 2.32. The maximum Gasteiger partial charge on any atom is 0.390 e. The van der Waals surface area contributed by atoms with E-state index in [9.17, 15) is 13.2 Å². The Kier molecular flexibility index (Phi) is 4.04. The monoisotopic (exact) mass is 232 g/mol. The molecule has 1 aromatic carbocycles. The molecule has 0 radical (unpaired) electrons. The first-order valence-electron chi connectivity index (χ1n) is 5.10. The average molecular weight is 232 g/mol. The zero-order valence-corrected chi connectivity index (χ0v) is 9.09. The van der Waals surface area contributed by atoms with Crippen molar-refractivity contribution in [3.05, 3.63) is 24.3 Å². The SMILES string of the molecule is CCN(CCC(F)(F)F)c1ccccc1N. The molecule has 0 saturated carbocycles. The summed E-state index contributed by atoms with van der Waals surface area (Å²) in [5.74, 6) is 0. The minimum Gasteiger partial charge on any atom is -0.397 e. The summed E-state index contributed by atoms with van der Waals surface area (Å²) in [6, 6.07) is 6.94.